The molecule has 1 rings (SSSR count). The predicted molar refractivity (Wildman–Crippen MR) is 78.9 cm³/mol. The molecular weight excluding hydrogens is 285 g/mol. The Morgan fingerprint density at radius 3 is 2.53 bits per heavy atom. The van der Waals surface area contributed by atoms with Gasteiger partial charge in [0.25, 0.3) is 5.91 Å². The summed E-state index contributed by atoms with van der Waals surface area (Å²) < 4.78 is 0. The molecule has 0 radical (unpaired) electrons. The number of amides is 1. The molecule has 1 atom stereocenters. The second-order valence-corrected chi connectivity index (χ2v) is 5.74. The first-order valence-electron chi connectivity index (χ1n) is 6.09. The normalized spacial score (nSPS) is 12.8. The lowest BCUT2D eigenvalue weighted by Crippen LogP contribution is -2.43. The van der Waals surface area contributed by atoms with E-state index in [1.54, 1.807) is 12.1 Å². The van der Waals surface area contributed by atoms with Crippen LogP contribution in [-0.4, -0.2) is 42.5 Å². The number of carbonyl (C=O) groups is 1. The van der Waals surface area contributed by atoms with E-state index in [9.17, 15) is 4.79 Å². The van der Waals surface area contributed by atoms with Gasteiger partial charge in [-0.15, -0.1) is 0 Å². The second kappa shape index (κ2) is 7.08. The van der Waals surface area contributed by atoms with Crippen LogP contribution in [0.1, 0.15) is 24.3 Å². The van der Waals surface area contributed by atoms with Crippen molar-refractivity contribution in [2.75, 3.05) is 20.6 Å². The Labute approximate surface area is 124 Å². The molecule has 19 heavy (non-hydrogen) atoms. The zero-order chi connectivity index (χ0) is 14.6. The first-order valence-corrected chi connectivity index (χ1v) is 6.85. The SMILES string of the molecule is CC(C)C(CNC(=O)c1nc(Cl)ccc1Cl)N(C)C. The van der Waals surface area contributed by atoms with Crippen molar-refractivity contribution in [1.82, 2.24) is 15.2 Å². The van der Waals surface area contributed by atoms with E-state index in [1.165, 1.54) is 0 Å². The van der Waals surface area contributed by atoms with Gasteiger partial charge in [-0.1, -0.05) is 37.0 Å². The fraction of sp³-hybridized carbons (Fsp3) is 0.538. The van der Waals surface area contributed by atoms with Crippen molar-refractivity contribution in [2.45, 2.75) is 19.9 Å². The van der Waals surface area contributed by atoms with Crippen molar-refractivity contribution in [2.24, 2.45) is 5.92 Å². The smallest absolute Gasteiger partial charge is 0.271 e. The summed E-state index contributed by atoms with van der Waals surface area (Å²) in [7, 11) is 3.98. The van der Waals surface area contributed by atoms with Gasteiger partial charge in [-0.25, -0.2) is 4.98 Å². The van der Waals surface area contributed by atoms with Gasteiger partial charge < -0.3 is 10.2 Å². The molecule has 0 fully saturated rings. The van der Waals surface area contributed by atoms with E-state index in [0.717, 1.165) is 0 Å². The van der Waals surface area contributed by atoms with Gasteiger partial charge >= 0.3 is 0 Å². The Balaban J connectivity index is 2.72. The number of halogens is 2. The highest BCUT2D eigenvalue weighted by molar-refractivity contribution is 6.34. The minimum Gasteiger partial charge on any atom is -0.349 e. The van der Waals surface area contributed by atoms with Gasteiger partial charge in [-0.2, -0.15) is 0 Å². The van der Waals surface area contributed by atoms with Crippen LogP contribution < -0.4 is 5.32 Å². The molecule has 1 aromatic heterocycles. The van der Waals surface area contributed by atoms with Crippen LogP contribution in [0.5, 0.6) is 0 Å². The zero-order valence-electron chi connectivity index (χ0n) is 11.6. The molecule has 0 bridgehead atoms. The number of likely N-dealkylation sites (N-methyl/N-ethyl adjacent to an activating group) is 1. The number of rotatable bonds is 5. The van der Waals surface area contributed by atoms with Crippen molar-refractivity contribution < 1.29 is 4.79 Å². The predicted octanol–water partition coefficient (Wildman–Crippen LogP) is 2.70. The van der Waals surface area contributed by atoms with Gasteiger partial charge in [0, 0.05) is 12.6 Å². The summed E-state index contributed by atoms with van der Waals surface area (Å²) in [5.41, 5.74) is 0.162. The maximum absolute atomic E-state index is 12.0. The summed E-state index contributed by atoms with van der Waals surface area (Å²) in [5, 5.41) is 3.39. The minimum atomic E-state index is -0.306. The fourth-order valence-corrected chi connectivity index (χ4v) is 2.21. The topological polar surface area (TPSA) is 45.2 Å². The number of hydrogen-bond donors (Lipinski definition) is 1. The summed E-state index contributed by atoms with van der Waals surface area (Å²) >= 11 is 11.7. The number of aromatic nitrogens is 1. The highest BCUT2D eigenvalue weighted by atomic mass is 35.5. The highest BCUT2D eigenvalue weighted by Gasteiger charge is 2.19. The second-order valence-electron chi connectivity index (χ2n) is 4.95. The largest absolute Gasteiger partial charge is 0.349 e. The Morgan fingerprint density at radius 1 is 1.37 bits per heavy atom. The molecule has 0 aliphatic heterocycles. The minimum absolute atomic E-state index is 0.162. The van der Waals surface area contributed by atoms with Gasteiger partial charge in [0.2, 0.25) is 0 Å². The molecule has 0 aliphatic rings. The van der Waals surface area contributed by atoms with E-state index < -0.39 is 0 Å². The molecule has 0 spiro atoms. The Bertz CT molecular complexity index is 442. The van der Waals surface area contributed by atoms with Crippen molar-refractivity contribution in [3.05, 3.63) is 28.0 Å². The summed E-state index contributed by atoms with van der Waals surface area (Å²) in [4.78, 5) is 18.1. The summed E-state index contributed by atoms with van der Waals surface area (Å²) in [6.07, 6.45) is 0. The molecule has 4 nitrogen and oxygen atoms in total. The third-order valence-corrected chi connectivity index (χ3v) is 3.45. The maximum Gasteiger partial charge on any atom is 0.271 e. The molecule has 6 heteroatoms. The lowest BCUT2D eigenvalue weighted by atomic mass is 10.0. The van der Waals surface area contributed by atoms with Crippen LogP contribution in [0.4, 0.5) is 0 Å². The van der Waals surface area contributed by atoms with Crippen LogP contribution in [0.15, 0.2) is 12.1 Å². The standard InChI is InChI=1S/C13H19Cl2N3O/c1-8(2)10(18(3)4)7-16-13(19)12-9(14)5-6-11(15)17-12/h5-6,8,10H,7H2,1-4H3,(H,16,19). The van der Waals surface area contributed by atoms with Gasteiger partial charge in [0.05, 0.1) is 5.02 Å². The van der Waals surface area contributed by atoms with Crippen LogP contribution >= 0.6 is 23.2 Å². The highest BCUT2D eigenvalue weighted by Crippen LogP contribution is 2.16. The lowest BCUT2D eigenvalue weighted by Gasteiger charge is -2.28. The Morgan fingerprint density at radius 2 is 2.00 bits per heavy atom. The third kappa shape index (κ3) is 4.64. The molecule has 1 aromatic rings. The van der Waals surface area contributed by atoms with Gasteiger partial charge in [0.15, 0.2) is 0 Å². The van der Waals surface area contributed by atoms with Gasteiger partial charge in [-0.05, 0) is 32.1 Å². The lowest BCUT2D eigenvalue weighted by molar-refractivity contribution is 0.0930. The maximum atomic E-state index is 12.0. The quantitative estimate of drug-likeness (QED) is 0.851. The average Bonchev–Trinajstić information content (AvgIpc) is 2.31. The van der Waals surface area contributed by atoms with Crippen LogP contribution in [0.2, 0.25) is 10.2 Å². The van der Waals surface area contributed by atoms with Crippen LogP contribution in [0.25, 0.3) is 0 Å². The first kappa shape index (κ1) is 16.2. The Hall–Kier alpha value is -0.840. The molecule has 1 heterocycles. The van der Waals surface area contributed by atoms with Gasteiger partial charge in [-0.3, -0.25) is 4.79 Å². The van der Waals surface area contributed by atoms with Crippen LogP contribution in [-0.2, 0) is 0 Å². The van der Waals surface area contributed by atoms with E-state index >= 15 is 0 Å². The molecular formula is C13H19Cl2N3O. The average molecular weight is 304 g/mol. The molecule has 0 saturated heterocycles. The number of carbonyl (C=O) groups excluding carboxylic acids is 1. The molecule has 1 amide bonds. The van der Waals surface area contributed by atoms with E-state index in [1.807, 2.05) is 14.1 Å². The molecule has 0 aliphatic carbocycles. The molecule has 0 saturated carbocycles. The number of hydrogen-bond acceptors (Lipinski definition) is 3. The van der Waals surface area contributed by atoms with Crippen LogP contribution in [0, 0.1) is 5.92 Å². The van der Waals surface area contributed by atoms with Crippen LogP contribution in [0.3, 0.4) is 0 Å². The van der Waals surface area contributed by atoms with E-state index in [0.29, 0.717) is 17.5 Å². The number of pyridine rings is 1. The van der Waals surface area contributed by atoms with Gasteiger partial charge in [0.1, 0.15) is 10.8 Å². The first-order chi connectivity index (χ1) is 8.82. The monoisotopic (exact) mass is 303 g/mol. The van der Waals surface area contributed by atoms with Crippen molar-refractivity contribution in [1.29, 1.82) is 0 Å². The van der Waals surface area contributed by atoms with Crippen molar-refractivity contribution >= 4 is 29.1 Å². The summed E-state index contributed by atoms with van der Waals surface area (Å²) in [5.74, 6) is 0.123. The van der Waals surface area contributed by atoms with Crippen molar-refractivity contribution in [3.8, 4) is 0 Å². The molecule has 1 N–H and O–H groups in total. The van der Waals surface area contributed by atoms with E-state index in [4.69, 9.17) is 23.2 Å². The third-order valence-electron chi connectivity index (χ3n) is 2.93. The summed E-state index contributed by atoms with van der Waals surface area (Å²) in [6, 6.07) is 3.37. The van der Waals surface area contributed by atoms with E-state index in [-0.39, 0.29) is 22.8 Å². The molecule has 0 aromatic carbocycles. The number of nitrogens with one attached hydrogen (secondary N) is 1. The Kier molecular flexibility index (Phi) is 6.04. The number of nitrogens with zero attached hydrogens (tertiary/aromatic N) is 2. The zero-order valence-corrected chi connectivity index (χ0v) is 13.1. The fourth-order valence-electron chi connectivity index (χ4n) is 1.87. The van der Waals surface area contributed by atoms with Crippen molar-refractivity contribution in [3.63, 3.8) is 0 Å². The molecule has 106 valence electrons. The summed E-state index contributed by atoms with van der Waals surface area (Å²) in [6.45, 7) is 4.76. The van der Waals surface area contributed by atoms with E-state index in [2.05, 4.69) is 29.0 Å². The molecule has 1 unspecified atom stereocenters.